The maximum atomic E-state index is 11.2. The van der Waals surface area contributed by atoms with E-state index in [9.17, 15) is 10.1 Å². The molecule has 0 spiro atoms. The zero-order valence-electron chi connectivity index (χ0n) is 13.4. The summed E-state index contributed by atoms with van der Waals surface area (Å²) in [5.74, 6) is 0.402. The molecule has 2 heterocycles. The molecule has 0 amide bonds. The number of hydrogen-bond donors (Lipinski definition) is 1. The van der Waals surface area contributed by atoms with E-state index < -0.39 is 4.92 Å². The van der Waals surface area contributed by atoms with Crippen LogP contribution in [-0.2, 0) is 20.1 Å². The van der Waals surface area contributed by atoms with Gasteiger partial charge < -0.3 is 5.32 Å². The summed E-state index contributed by atoms with van der Waals surface area (Å²) >= 11 is 0. The first-order valence-electron chi connectivity index (χ1n) is 7.36. The van der Waals surface area contributed by atoms with E-state index >= 15 is 0 Å². The van der Waals surface area contributed by atoms with Crippen LogP contribution in [0, 0.1) is 17.0 Å². The topological polar surface area (TPSA) is 104 Å². The first-order chi connectivity index (χ1) is 11.5. The van der Waals surface area contributed by atoms with Crippen molar-refractivity contribution in [2.75, 3.05) is 5.32 Å². The van der Waals surface area contributed by atoms with E-state index in [1.807, 2.05) is 24.3 Å². The van der Waals surface area contributed by atoms with Crippen molar-refractivity contribution in [3.8, 4) is 0 Å². The molecule has 0 unspecified atom stereocenters. The molecule has 1 aromatic carbocycles. The fraction of sp³-hybridized carbons (Fsp3) is 0.267. The summed E-state index contributed by atoms with van der Waals surface area (Å²) in [6.07, 6.45) is 3.15. The summed E-state index contributed by atoms with van der Waals surface area (Å²) in [5.41, 5.74) is 2.50. The molecule has 0 saturated carbocycles. The van der Waals surface area contributed by atoms with Crippen LogP contribution in [0.1, 0.15) is 16.8 Å². The second kappa shape index (κ2) is 6.49. The zero-order valence-corrected chi connectivity index (χ0v) is 13.4. The molecule has 0 aliphatic heterocycles. The Bertz CT molecular complexity index is 855. The van der Waals surface area contributed by atoms with Gasteiger partial charge in [0.05, 0.1) is 11.5 Å². The van der Waals surface area contributed by atoms with Crippen LogP contribution in [0.2, 0.25) is 0 Å². The van der Waals surface area contributed by atoms with Crippen molar-refractivity contribution in [3.05, 3.63) is 63.9 Å². The average Bonchev–Trinajstić information content (AvgIpc) is 3.13. The number of anilines is 1. The minimum atomic E-state index is -0.411. The Labute approximate surface area is 138 Å². The average molecular weight is 327 g/mol. The van der Waals surface area contributed by atoms with Crippen molar-refractivity contribution < 1.29 is 4.92 Å². The lowest BCUT2D eigenvalue weighted by Crippen LogP contribution is -2.07. The van der Waals surface area contributed by atoms with E-state index in [0.29, 0.717) is 24.6 Å². The Morgan fingerprint density at radius 3 is 2.83 bits per heavy atom. The number of nitro groups is 1. The highest BCUT2D eigenvalue weighted by atomic mass is 16.6. The second-order valence-electron chi connectivity index (χ2n) is 5.43. The van der Waals surface area contributed by atoms with Gasteiger partial charge in [0.2, 0.25) is 5.82 Å². The summed E-state index contributed by atoms with van der Waals surface area (Å²) in [7, 11) is 1.68. The number of benzene rings is 1. The lowest BCUT2D eigenvalue weighted by Gasteiger charge is -2.08. The quantitative estimate of drug-likeness (QED) is 0.547. The molecule has 124 valence electrons. The fourth-order valence-electron chi connectivity index (χ4n) is 2.59. The highest BCUT2D eigenvalue weighted by Gasteiger charge is 2.23. The standard InChI is InChI=1S/C15H17N7O2/c1-11-14(22(23)24)15(20(2)19-11)17-7-12-4-3-5-13(6-12)8-21-10-16-9-18-21/h3-6,9-10,17H,7-8H2,1-2H3. The van der Waals surface area contributed by atoms with Crippen LogP contribution >= 0.6 is 0 Å². The molecule has 0 saturated heterocycles. The molecule has 1 N–H and O–H groups in total. The van der Waals surface area contributed by atoms with Gasteiger partial charge >= 0.3 is 5.69 Å². The summed E-state index contributed by atoms with van der Waals surface area (Å²) in [5, 5.41) is 22.5. The molecule has 24 heavy (non-hydrogen) atoms. The summed E-state index contributed by atoms with van der Waals surface area (Å²) in [6.45, 7) is 2.71. The molecule has 0 bridgehead atoms. The molecule has 9 nitrogen and oxygen atoms in total. The Kier molecular flexibility index (Phi) is 4.23. The lowest BCUT2D eigenvalue weighted by molar-refractivity contribution is -0.384. The van der Waals surface area contributed by atoms with Crippen LogP contribution in [-0.4, -0.2) is 29.5 Å². The van der Waals surface area contributed by atoms with Gasteiger partial charge in [0, 0.05) is 13.6 Å². The predicted molar refractivity (Wildman–Crippen MR) is 87.5 cm³/mol. The SMILES string of the molecule is Cc1nn(C)c(NCc2cccc(Cn3cncn3)c2)c1[N+](=O)[O-]. The Hall–Kier alpha value is -3.23. The van der Waals surface area contributed by atoms with Crippen LogP contribution in [0.25, 0.3) is 0 Å². The first-order valence-corrected chi connectivity index (χ1v) is 7.36. The Balaban J connectivity index is 1.75. The Morgan fingerprint density at radius 2 is 2.12 bits per heavy atom. The van der Waals surface area contributed by atoms with E-state index in [1.54, 1.807) is 25.0 Å². The van der Waals surface area contributed by atoms with Crippen molar-refractivity contribution in [2.45, 2.75) is 20.0 Å². The maximum absolute atomic E-state index is 11.2. The molecule has 0 fully saturated rings. The number of nitrogens with zero attached hydrogens (tertiary/aromatic N) is 6. The van der Waals surface area contributed by atoms with Crippen LogP contribution < -0.4 is 5.32 Å². The summed E-state index contributed by atoms with van der Waals surface area (Å²) in [6, 6.07) is 7.95. The van der Waals surface area contributed by atoms with E-state index in [0.717, 1.165) is 11.1 Å². The molecule has 0 aliphatic carbocycles. The van der Waals surface area contributed by atoms with Crippen LogP contribution in [0.4, 0.5) is 11.5 Å². The molecular formula is C15H17N7O2. The van der Waals surface area contributed by atoms with Crippen molar-refractivity contribution in [2.24, 2.45) is 7.05 Å². The smallest absolute Gasteiger partial charge is 0.333 e. The van der Waals surface area contributed by atoms with Crippen LogP contribution in [0.15, 0.2) is 36.9 Å². The van der Waals surface area contributed by atoms with Crippen molar-refractivity contribution >= 4 is 11.5 Å². The third-order valence-corrected chi connectivity index (χ3v) is 3.64. The Morgan fingerprint density at radius 1 is 1.33 bits per heavy atom. The molecule has 0 atom stereocenters. The lowest BCUT2D eigenvalue weighted by atomic mass is 10.1. The van der Waals surface area contributed by atoms with Gasteiger partial charge in [-0.2, -0.15) is 10.2 Å². The molecule has 0 radical (unpaired) electrons. The monoisotopic (exact) mass is 327 g/mol. The highest BCUT2D eigenvalue weighted by Crippen LogP contribution is 2.27. The first kappa shape index (κ1) is 15.7. The molecule has 2 aromatic heterocycles. The third kappa shape index (κ3) is 3.24. The fourth-order valence-corrected chi connectivity index (χ4v) is 2.59. The van der Waals surface area contributed by atoms with Gasteiger partial charge in [0.15, 0.2) is 0 Å². The molecule has 9 heteroatoms. The largest absolute Gasteiger partial charge is 0.360 e. The summed E-state index contributed by atoms with van der Waals surface area (Å²) in [4.78, 5) is 14.7. The minimum Gasteiger partial charge on any atom is -0.360 e. The number of aromatic nitrogens is 5. The third-order valence-electron chi connectivity index (χ3n) is 3.64. The molecule has 0 aliphatic rings. The van der Waals surface area contributed by atoms with Gasteiger partial charge in [-0.25, -0.2) is 14.3 Å². The normalized spacial score (nSPS) is 10.8. The van der Waals surface area contributed by atoms with E-state index in [2.05, 4.69) is 20.5 Å². The minimum absolute atomic E-state index is 0.0104. The predicted octanol–water partition coefficient (Wildman–Crippen LogP) is 1.89. The van der Waals surface area contributed by atoms with Gasteiger partial charge in [-0.3, -0.25) is 10.1 Å². The number of aryl methyl sites for hydroxylation is 2. The zero-order chi connectivity index (χ0) is 17.1. The van der Waals surface area contributed by atoms with E-state index in [1.165, 1.54) is 11.0 Å². The van der Waals surface area contributed by atoms with Gasteiger partial charge in [-0.1, -0.05) is 24.3 Å². The van der Waals surface area contributed by atoms with Crippen LogP contribution in [0.5, 0.6) is 0 Å². The molecule has 3 rings (SSSR count). The van der Waals surface area contributed by atoms with Crippen molar-refractivity contribution in [1.82, 2.24) is 24.5 Å². The van der Waals surface area contributed by atoms with Crippen molar-refractivity contribution in [1.29, 1.82) is 0 Å². The summed E-state index contributed by atoms with van der Waals surface area (Å²) < 4.78 is 3.23. The van der Waals surface area contributed by atoms with Crippen molar-refractivity contribution in [3.63, 3.8) is 0 Å². The van der Waals surface area contributed by atoms with Gasteiger partial charge in [-0.15, -0.1) is 0 Å². The van der Waals surface area contributed by atoms with Gasteiger partial charge in [0.1, 0.15) is 18.3 Å². The molecule has 3 aromatic rings. The number of rotatable bonds is 6. The van der Waals surface area contributed by atoms with E-state index in [-0.39, 0.29) is 5.69 Å². The van der Waals surface area contributed by atoms with Crippen LogP contribution in [0.3, 0.4) is 0 Å². The number of nitrogens with one attached hydrogen (secondary N) is 1. The van der Waals surface area contributed by atoms with E-state index in [4.69, 9.17) is 0 Å². The van der Waals surface area contributed by atoms with Gasteiger partial charge in [0.25, 0.3) is 0 Å². The molecular weight excluding hydrogens is 310 g/mol. The second-order valence-corrected chi connectivity index (χ2v) is 5.43. The highest BCUT2D eigenvalue weighted by molar-refractivity contribution is 5.59. The number of hydrogen-bond acceptors (Lipinski definition) is 6. The van der Waals surface area contributed by atoms with Gasteiger partial charge in [-0.05, 0) is 18.1 Å². The maximum Gasteiger partial charge on any atom is 0.333 e.